The maximum Gasteiger partial charge on any atom is 0.405 e. The molecule has 0 heterocycles. The van der Waals surface area contributed by atoms with Gasteiger partial charge in [-0.25, -0.2) is 4.79 Å². The van der Waals surface area contributed by atoms with Gasteiger partial charge in [0.15, 0.2) is 0 Å². The number of hydrogen-bond donors (Lipinski definition) is 2. The van der Waals surface area contributed by atoms with Crippen molar-refractivity contribution in [3.8, 4) is 0 Å². The second-order valence-electron chi connectivity index (χ2n) is 8.20. The topological polar surface area (TPSA) is 107 Å². The van der Waals surface area contributed by atoms with Crippen LogP contribution in [0.2, 0.25) is 0 Å². The number of nitrogens with two attached hydrogens (primary N) is 1. The molecule has 1 aromatic carbocycles. The summed E-state index contributed by atoms with van der Waals surface area (Å²) in [7, 11) is 0. The molecule has 1 aliphatic carbocycles. The first-order chi connectivity index (χ1) is 12.5. The first kappa shape index (κ1) is 22.7. The Morgan fingerprint density at radius 2 is 1.85 bits per heavy atom. The summed E-state index contributed by atoms with van der Waals surface area (Å²) in [5.41, 5.74) is 6.28. The highest BCUT2D eigenvalue weighted by molar-refractivity contribution is 5.65. The first-order valence-electron chi connectivity index (χ1n) is 9.53. The third kappa shape index (κ3) is 8.75. The van der Waals surface area contributed by atoms with Gasteiger partial charge in [-0.05, 0) is 51.2 Å². The average Bonchev–Trinajstić information content (AvgIpc) is 2.53. The van der Waals surface area contributed by atoms with E-state index in [1.54, 1.807) is 26.8 Å². The molecule has 1 aliphatic rings. The molecule has 0 saturated heterocycles. The van der Waals surface area contributed by atoms with Crippen molar-refractivity contribution in [1.82, 2.24) is 0 Å². The lowest BCUT2D eigenvalue weighted by molar-refractivity contribution is -0.384. The third-order valence-electron chi connectivity index (χ3n) is 4.26. The highest BCUT2D eigenvalue weighted by Crippen LogP contribution is 2.31. The summed E-state index contributed by atoms with van der Waals surface area (Å²) in [6.07, 6.45) is 5.22. The normalized spacial score (nSPS) is 14.9. The Bertz CT molecular complexity index is 633. The number of anilines is 1. The van der Waals surface area contributed by atoms with Crippen LogP contribution in [0.15, 0.2) is 18.2 Å². The lowest BCUT2D eigenvalue weighted by Gasteiger charge is -2.24. The van der Waals surface area contributed by atoms with Crippen LogP contribution >= 0.6 is 0 Å². The van der Waals surface area contributed by atoms with Crippen LogP contribution in [0, 0.1) is 10.1 Å². The number of primary amides is 1. The summed E-state index contributed by atoms with van der Waals surface area (Å²) in [6, 6.07) is 5.81. The van der Waals surface area contributed by atoms with Gasteiger partial charge in [-0.3, -0.25) is 10.1 Å². The average molecular weight is 380 g/mol. The standard InChI is InChI=1S/C15H22N2O2.C5H11NO2/c1-11(2)12-8-9-15(17(18)19)14(10-12)16-13-6-4-3-5-7-13;1-5(2,3)8-4(6)7/h8-11,13,16H,3-7H2,1-2H3;1-3H3,(H2,6,7). The van der Waals surface area contributed by atoms with Gasteiger partial charge in [0.2, 0.25) is 0 Å². The lowest BCUT2D eigenvalue weighted by atomic mass is 9.94. The molecule has 0 bridgehead atoms. The molecule has 7 nitrogen and oxygen atoms in total. The van der Waals surface area contributed by atoms with Crippen LogP contribution in [0.5, 0.6) is 0 Å². The second-order valence-corrected chi connectivity index (χ2v) is 8.20. The van der Waals surface area contributed by atoms with Gasteiger partial charge in [0, 0.05) is 12.1 Å². The SMILES string of the molecule is CC(C)(C)OC(N)=O.CC(C)c1ccc([N+](=O)[O-])c(NC2CCCCC2)c1. The molecule has 0 unspecified atom stereocenters. The monoisotopic (exact) mass is 379 g/mol. The van der Waals surface area contributed by atoms with E-state index in [0.717, 1.165) is 18.4 Å². The third-order valence-corrected chi connectivity index (χ3v) is 4.26. The van der Waals surface area contributed by atoms with Gasteiger partial charge in [-0.1, -0.05) is 39.2 Å². The summed E-state index contributed by atoms with van der Waals surface area (Å²) < 4.78 is 4.58. The number of nitrogens with one attached hydrogen (secondary N) is 1. The molecule has 1 fully saturated rings. The van der Waals surface area contributed by atoms with Crippen LogP contribution in [0.25, 0.3) is 0 Å². The fraction of sp³-hybridized carbons (Fsp3) is 0.650. The number of nitro benzene ring substituents is 1. The zero-order valence-electron chi connectivity index (χ0n) is 17.1. The van der Waals surface area contributed by atoms with Crippen LogP contribution in [0.4, 0.5) is 16.2 Å². The molecular formula is C20H33N3O4. The number of benzene rings is 1. The number of nitro groups is 1. The van der Waals surface area contributed by atoms with Gasteiger partial charge in [-0.15, -0.1) is 0 Å². The van der Waals surface area contributed by atoms with E-state index in [9.17, 15) is 14.9 Å². The highest BCUT2D eigenvalue weighted by Gasteiger charge is 2.20. The Kier molecular flexibility index (Phi) is 8.53. The summed E-state index contributed by atoms with van der Waals surface area (Å²) in [4.78, 5) is 20.8. The summed E-state index contributed by atoms with van der Waals surface area (Å²) in [5, 5.41) is 14.5. The van der Waals surface area contributed by atoms with Crippen molar-refractivity contribution in [3.05, 3.63) is 33.9 Å². The molecule has 152 valence electrons. The van der Waals surface area contributed by atoms with E-state index < -0.39 is 11.7 Å². The fourth-order valence-corrected chi connectivity index (χ4v) is 2.96. The van der Waals surface area contributed by atoms with Gasteiger partial charge >= 0.3 is 6.09 Å². The molecule has 1 amide bonds. The van der Waals surface area contributed by atoms with E-state index in [0.29, 0.717) is 17.6 Å². The van der Waals surface area contributed by atoms with E-state index in [2.05, 4.69) is 23.9 Å². The minimum absolute atomic E-state index is 0.190. The Labute approximate surface area is 161 Å². The predicted molar refractivity (Wildman–Crippen MR) is 108 cm³/mol. The summed E-state index contributed by atoms with van der Waals surface area (Å²) in [5.74, 6) is 0.382. The van der Waals surface area contributed by atoms with Crippen molar-refractivity contribution in [3.63, 3.8) is 0 Å². The van der Waals surface area contributed by atoms with E-state index in [1.807, 2.05) is 12.1 Å². The molecule has 1 aromatic rings. The molecule has 0 aromatic heterocycles. The van der Waals surface area contributed by atoms with Crippen LogP contribution in [0.1, 0.15) is 78.2 Å². The number of carbonyl (C=O) groups is 1. The molecular weight excluding hydrogens is 346 g/mol. The molecule has 0 radical (unpaired) electrons. The zero-order chi connectivity index (χ0) is 20.6. The van der Waals surface area contributed by atoms with E-state index in [-0.39, 0.29) is 10.6 Å². The molecule has 27 heavy (non-hydrogen) atoms. The van der Waals surface area contributed by atoms with E-state index >= 15 is 0 Å². The fourth-order valence-electron chi connectivity index (χ4n) is 2.96. The van der Waals surface area contributed by atoms with Gasteiger partial charge < -0.3 is 15.8 Å². The Balaban J connectivity index is 0.000000387. The van der Waals surface area contributed by atoms with Crippen molar-refractivity contribution >= 4 is 17.5 Å². The number of amides is 1. The predicted octanol–water partition coefficient (Wildman–Crippen LogP) is 5.34. The number of nitrogens with zero attached hydrogens (tertiary/aromatic N) is 1. The Hall–Kier alpha value is -2.31. The maximum absolute atomic E-state index is 11.1. The second kappa shape index (κ2) is 10.1. The first-order valence-corrected chi connectivity index (χ1v) is 9.53. The van der Waals surface area contributed by atoms with Crippen molar-refractivity contribution in [2.24, 2.45) is 5.73 Å². The summed E-state index contributed by atoms with van der Waals surface area (Å²) in [6.45, 7) is 9.49. The van der Waals surface area contributed by atoms with E-state index in [1.165, 1.54) is 19.3 Å². The number of hydrogen-bond acceptors (Lipinski definition) is 5. The van der Waals surface area contributed by atoms with Crippen LogP contribution < -0.4 is 11.1 Å². The van der Waals surface area contributed by atoms with Crippen molar-refractivity contribution in [2.75, 3.05) is 5.32 Å². The van der Waals surface area contributed by atoms with Gasteiger partial charge in [-0.2, -0.15) is 0 Å². The molecule has 0 spiro atoms. The Morgan fingerprint density at radius 1 is 1.26 bits per heavy atom. The number of ether oxygens (including phenoxy) is 1. The highest BCUT2D eigenvalue weighted by atomic mass is 16.6. The molecule has 2 rings (SSSR count). The Morgan fingerprint density at radius 3 is 2.26 bits per heavy atom. The molecule has 0 atom stereocenters. The lowest BCUT2D eigenvalue weighted by Crippen LogP contribution is -2.27. The minimum Gasteiger partial charge on any atom is -0.444 e. The van der Waals surface area contributed by atoms with E-state index in [4.69, 9.17) is 5.73 Å². The molecule has 7 heteroatoms. The van der Waals surface area contributed by atoms with Crippen LogP contribution in [-0.4, -0.2) is 22.7 Å². The van der Waals surface area contributed by atoms with Gasteiger partial charge in [0.25, 0.3) is 5.69 Å². The quantitative estimate of drug-likeness (QED) is 0.542. The smallest absolute Gasteiger partial charge is 0.405 e. The van der Waals surface area contributed by atoms with Crippen molar-refractivity contribution < 1.29 is 14.5 Å². The van der Waals surface area contributed by atoms with Crippen molar-refractivity contribution in [2.45, 2.75) is 84.3 Å². The number of carbonyl (C=O) groups excluding carboxylic acids is 1. The summed E-state index contributed by atoms with van der Waals surface area (Å²) >= 11 is 0. The molecule has 1 saturated carbocycles. The van der Waals surface area contributed by atoms with Crippen LogP contribution in [-0.2, 0) is 4.74 Å². The largest absolute Gasteiger partial charge is 0.444 e. The maximum atomic E-state index is 11.1. The molecule has 3 N–H and O–H groups in total. The van der Waals surface area contributed by atoms with Crippen molar-refractivity contribution in [1.29, 1.82) is 0 Å². The molecule has 0 aliphatic heterocycles. The van der Waals surface area contributed by atoms with Gasteiger partial charge in [0.05, 0.1) is 4.92 Å². The number of rotatable bonds is 4. The van der Waals surface area contributed by atoms with Crippen LogP contribution in [0.3, 0.4) is 0 Å². The minimum atomic E-state index is -0.725. The zero-order valence-corrected chi connectivity index (χ0v) is 17.1. The van der Waals surface area contributed by atoms with Gasteiger partial charge in [0.1, 0.15) is 11.3 Å².